The fourth-order valence-corrected chi connectivity index (χ4v) is 2.83. The summed E-state index contributed by atoms with van der Waals surface area (Å²) in [6.45, 7) is 16.3. The van der Waals surface area contributed by atoms with E-state index < -0.39 is 0 Å². The lowest BCUT2D eigenvalue weighted by atomic mass is 9.85. The summed E-state index contributed by atoms with van der Waals surface area (Å²) in [6, 6.07) is 0.563. The van der Waals surface area contributed by atoms with E-state index in [9.17, 15) is 4.79 Å². The first-order valence-corrected chi connectivity index (χ1v) is 7.67. The van der Waals surface area contributed by atoms with E-state index in [0.29, 0.717) is 30.1 Å². The smallest absolute Gasteiger partial charge is 0.149 e. The number of hydrogen-bond acceptors (Lipinski definition) is 2. The summed E-state index contributed by atoms with van der Waals surface area (Å²) in [5.41, 5.74) is 0. The molecule has 0 aliphatic carbocycles. The van der Waals surface area contributed by atoms with Gasteiger partial charge < -0.3 is 0 Å². The standard InChI is InChI=1S/C16H33NO/c1-8-14(12(4)5)11-15(16(18)9-2)17(10-3)13(6)7/h12-15H,8-11H2,1-7H3/t14-,15-/m0/s1. The van der Waals surface area contributed by atoms with E-state index in [1.165, 1.54) is 6.42 Å². The van der Waals surface area contributed by atoms with Crippen LogP contribution in [0.25, 0.3) is 0 Å². The van der Waals surface area contributed by atoms with E-state index in [1.807, 2.05) is 6.92 Å². The van der Waals surface area contributed by atoms with Gasteiger partial charge in [-0.3, -0.25) is 9.69 Å². The summed E-state index contributed by atoms with van der Waals surface area (Å²) >= 11 is 0. The molecule has 0 saturated heterocycles. The van der Waals surface area contributed by atoms with Gasteiger partial charge in [-0.1, -0.05) is 41.0 Å². The van der Waals surface area contributed by atoms with Gasteiger partial charge in [-0.2, -0.15) is 0 Å². The largest absolute Gasteiger partial charge is 0.298 e. The molecule has 0 aromatic rings. The summed E-state index contributed by atoms with van der Waals surface area (Å²) in [4.78, 5) is 14.6. The van der Waals surface area contributed by atoms with Crippen molar-refractivity contribution in [2.24, 2.45) is 11.8 Å². The molecule has 0 aromatic carbocycles. The monoisotopic (exact) mass is 255 g/mol. The maximum absolute atomic E-state index is 12.2. The Morgan fingerprint density at radius 1 is 1.06 bits per heavy atom. The van der Waals surface area contributed by atoms with Crippen LogP contribution in [0.3, 0.4) is 0 Å². The first-order valence-electron chi connectivity index (χ1n) is 7.67. The molecule has 0 bridgehead atoms. The molecule has 0 amide bonds. The van der Waals surface area contributed by atoms with Gasteiger partial charge in [0, 0.05) is 12.5 Å². The number of nitrogens with zero attached hydrogens (tertiary/aromatic N) is 1. The van der Waals surface area contributed by atoms with Crippen LogP contribution in [0, 0.1) is 11.8 Å². The average Bonchev–Trinajstić information content (AvgIpc) is 2.32. The predicted octanol–water partition coefficient (Wildman–Crippen LogP) is 4.14. The summed E-state index contributed by atoms with van der Waals surface area (Å²) in [5.74, 6) is 1.72. The third kappa shape index (κ3) is 5.09. The fraction of sp³-hybridized carbons (Fsp3) is 0.938. The van der Waals surface area contributed by atoms with Crippen molar-refractivity contribution in [3.63, 3.8) is 0 Å². The van der Waals surface area contributed by atoms with Crippen LogP contribution in [0.2, 0.25) is 0 Å². The molecule has 0 unspecified atom stereocenters. The van der Waals surface area contributed by atoms with Gasteiger partial charge in [0.15, 0.2) is 0 Å². The Morgan fingerprint density at radius 2 is 1.61 bits per heavy atom. The molecule has 0 aromatic heterocycles. The Labute approximate surface area is 114 Å². The predicted molar refractivity (Wildman–Crippen MR) is 79.8 cm³/mol. The van der Waals surface area contributed by atoms with E-state index in [1.54, 1.807) is 0 Å². The van der Waals surface area contributed by atoms with Gasteiger partial charge in [-0.15, -0.1) is 0 Å². The SMILES string of the molecule is CCC(=O)[C@H](C[C@H](CC)C(C)C)N(CC)C(C)C. The van der Waals surface area contributed by atoms with Crippen molar-refractivity contribution in [3.05, 3.63) is 0 Å². The van der Waals surface area contributed by atoms with Crippen molar-refractivity contribution in [2.45, 2.75) is 79.8 Å². The Kier molecular flexibility index (Phi) is 8.51. The van der Waals surface area contributed by atoms with Gasteiger partial charge in [0.1, 0.15) is 5.78 Å². The molecule has 0 radical (unpaired) electrons. The maximum Gasteiger partial charge on any atom is 0.149 e. The van der Waals surface area contributed by atoms with Crippen LogP contribution < -0.4 is 0 Å². The third-order valence-corrected chi connectivity index (χ3v) is 4.14. The quantitative estimate of drug-likeness (QED) is 0.617. The maximum atomic E-state index is 12.2. The van der Waals surface area contributed by atoms with Crippen molar-refractivity contribution in [3.8, 4) is 0 Å². The molecule has 2 nitrogen and oxygen atoms in total. The van der Waals surface area contributed by atoms with Crippen LogP contribution in [0.15, 0.2) is 0 Å². The van der Waals surface area contributed by atoms with Crippen molar-refractivity contribution in [2.75, 3.05) is 6.54 Å². The van der Waals surface area contributed by atoms with Crippen LogP contribution in [0.4, 0.5) is 0 Å². The molecule has 108 valence electrons. The Balaban J connectivity index is 4.93. The van der Waals surface area contributed by atoms with Crippen LogP contribution in [0.1, 0.15) is 67.7 Å². The van der Waals surface area contributed by atoms with Gasteiger partial charge in [0.25, 0.3) is 0 Å². The summed E-state index contributed by atoms with van der Waals surface area (Å²) in [6.07, 6.45) is 2.84. The molecule has 0 rings (SSSR count). The van der Waals surface area contributed by atoms with Gasteiger partial charge in [0.05, 0.1) is 6.04 Å². The van der Waals surface area contributed by atoms with Crippen molar-refractivity contribution in [1.29, 1.82) is 0 Å². The lowest BCUT2D eigenvalue weighted by molar-refractivity contribution is -0.125. The van der Waals surface area contributed by atoms with Gasteiger partial charge in [0.2, 0.25) is 0 Å². The molecule has 0 saturated carbocycles. The number of hydrogen-bond donors (Lipinski definition) is 0. The van der Waals surface area contributed by atoms with E-state index in [-0.39, 0.29) is 6.04 Å². The average molecular weight is 255 g/mol. The zero-order chi connectivity index (χ0) is 14.3. The minimum atomic E-state index is 0.118. The van der Waals surface area contributed by atoms with E-state index >= 15 is 0 Å². The highest BCUT2D eigenvalue weighted by molar-refractivity contribution is 5.83. The third-order valence-electron chi connectivity index (χ3n) is 4.14. The Bertz CT molecular complexity index is 235. The highest BCUT2D eigenvalue weighted by Gasteiger charge is 2.28. The van der Waals surface area contributed by atoms with Crippen LogP contribution in [0.5, 0.6) is 0 Å². The summed E-state index contributed by atoms with van der Waals surface area (Å²) in [5, 5.41) is 0. The molecule has 0 aliphatic rings. The molecule has 0 fully saturated rings. The second-order valence-electron chi connectivity index (χ2n) is 5.91. The minimum absolute atomic E-state index is 0.118. The number of ketones is 1. The first-order chi connectivity index (χ1) is 8.38. The highest BCUT2D eigenvalue weighted by atomic mass is 16.1. The molecule has 0 aliphatic heterocycles. The zero-order valence-corrected chi connectivity index (χ0v) is 13.5. The van der Waals surface area contributed by atoms with Gasteiger partial charge in [-0.25, -0.2) is 0 Å². The summed E-state index contributed by atoms with van der Waals surface area (Å²) < 4.78 is 0. The number of rotatable bonds is 9. The van der Waals surface area contributed by atoms with Crippen molar-refractivity contribution in [1.82, 2.24) is 4.90 Å². The van der Waals surface area contributed by atoms with Crippen molar-refractivity contribution >= 4 is 5.78 Å². The number of carbonyl (C=O) groups is 1. The fourth-order valence-electron chi connectivity index (χ4n) is 2.83. The Morgan fingerprint density at radius 3 is 1.89 bits per heavy atom. The summed E-state index contributed by atoms with van der Waals surface area (Å²) in [7, 11) is 0. The molecule has 2 heteroatoms. The second kappa shape index (κ2) is 8.68. The molecular formula is C16H33NO. The Hall–Kier alpha value is -0.370. The minimum Gasteiger partial charge on any atom is -0.298 e. The van der Waals surface area contributed by atoms with Crippen LogP contribution in [-0.2, 0) is 4.79 Å². The van der Waals surface area contributed by atoms with Crippen LogP contribution >= 0.6 is 0 Å². The van der Waals surface area contributed by atoms with Gasteiger partial charge >= 0.3 is 0 Å². The molecule has 0 N–H and O–H groups in total. The second-order valence-corrected chi connectivity index (χ2v) is 5.91. The molecule has 18 heavy (non-hydrogen) atoms. The number of Topliss-reactive ketones (excluding diaryl/α,β-unsaturated/α-hetero) is 1. The lowest BCUT2D eigenvalue weighted by Gasteiger charge is -2.36. The van der Waals surface area contributed by atoms with E-state index in [2.05, 4.69) is 46.4 Å². The normalized spacial score (nSPS) is 15.4. The van der Waals surface area contributed by atoms with Crippen LogP contribution in [-0.4, -0.2) is 29.3 Å². The molecule has 0 spiro atoms. The van der Waals surface area contributed by atoms with E-state index in [0.717, 1.165) is 13.0 Å². The molecule has 0 heterocycles. The topological polar surface area (TPSA) is 20.3 Å². The number of likely N-dealkylation sites (N-methyl/N-ethyl adjacent to an activating group) is 1. The molecule has 2 atom stereocenters. The highest BCUT2D eigenvalue weighted by Crippen LogP contribution is 2.25. The molecular weight excluding hydrogens is 222 g/mol. The van der Waals surface area contributed by atoms with Crippen molar-refractivity contribution < 1.29 is 4.79 Å². The first kappa shape index (κ1) is 17.6. The number of carbonyl (C=O) groups excluding carboxylic acids is 1. The zero-order valence-electron chi connectivity index (χ0n) is 13.5. The van der Waals surface area contributed by atoms with Gasteiger partial charge in [-0.05, 0) is 38.6 Å². The lowest BCUT2D eigenvalue weighted by Crippen LogP contribution is -2.46. The van der Waals surface area contributed by atoms with E-state index in [4.69, 9.17) is 0 Å².